The monoisotopic (exact) mass is 235 g/mol. The van der Waals surface area contributed by atoms with Crippen LogP contribution < -0.4 is 14.8 Å². The zero-order valence-corrected chi connectivity index (χ0v) is 9.54. The Bertz CT molecular complexity index is 452. The van der Waals surface area contributed by atoms with Crippen LogP contribution in [0.25, 0.3) is 0 Å². The lowest BCUT2D eigenvalue weighted by Crippen LogP contribution is -2.13. The summed E-state index contributed by atoms with van der Waals surface area (Å²) in [7, 11) is 1.34. The Balaban J connectivity index is 2.08. The normalized spacial score (nSPS) is 15.6. The number of benzene rings is 1. The molecule has 5 heteroatoms. The van der Waals surface area contributed by atoms with E-state index in [9.17, 15) is 4.79 Å². The van der Waals surface area contributed by atoms with E-state index in [0.717, 1.165) is 35.5 Å². The number of anilines is 1. The van der Waals surface area contributed by atoms with Crippen LogP contribution in [0.2, 0.25) is 0 Å². The third-order valence-corrected chi connectivity index (χ3v) is 3.06. The number of hydrogen-bond acceptors (Lipinski definition) is 4. The maximum Gasteiger partial charge on any atom is 0.411 e. The van der Waals surface area contributed by atoms with Gasteiger partial charge >= 0.3 is 6.09 Å². The third kappa shape index (κ3) is 1.58. The van der Waals surface area contributed by atoms with Crippen molar-refractivity contribution < 1.29 is 19.0 Å². The number of rotatable bonds is 1. The lowest BCUT2D eigenvalue weighted by atomic mass is 10.0. The molecule has 3 rings (SSSR count). The fourth-order valence-corrected chi connectivity index (χ4v) is 2.27. The average molecular weight is 235 g/mol. The number of methoxy groups -OCH3 is 1. The van der Waals surface area contributed by atoms with E-state index in [4.69, 9.17) is 9.47 Å². The van der Waals surface area contributed by atoms with E-state index in [2.05, 4.69) is 10.1 Å². The van der Waals surface area contributed by atoms with E-state index in [1.807, 2.05) is 6.07 Å². The maximum absolute atomic E-state index is 11.4. The molecule has 0 atom stereocenters. The second-order valence-electron chi connectivity index (χ2n) is 4.03. The quantitative estimate of drug-likeness (QED) is 0.805. The molecule has 0 saturated heterocycles. The van der Waals surface area contributed by atoms with Crippen molar-refractivity contribution >= 4 is 11.8 Å². The van der Waals surface area contributed by atoms with E-state index < -0.39 is 6.09 Å². The van der Waals surface area contributed by atoms with Gasteiger partial charge in [0.05, 0.1) is 26.0 Å². The summed E-state index contributed by atoms with van der Waals surface area (Å²) in [6.45, 7) is 1.29. The van der Waals surface area contributed by atoms with Crippen molar-refractivity contribution in [2.24, 2.45) is 0 Å². The number of ether oxygens (including phenoxy) is 3. The first-order valence-corrected chi connectivity index (χ1v) is 5.59. The van der Waals surface area contributed by atoms with Crippen molar-refractivity contribution in [2.45, 2.75) is 12.8 Å². The predicted molar refractivity (Wildman–Crippen MR) is 60.9 cm³/mol. The molecule has 1 N–H and O–H groups in total. The first-order valence-electron chi connectivity index (χ1n) is 5.59. The molecule has 0 saturated carbocycles. The Morgan fingerprint density at radius 1 is 1.35 bits per heavy atom. The highest BCUT2D eigenvalue weighted by molar-refractivity contribution is 5.90. The molecule has 0 unspecified atom stereocenters. The summed E-state index contributed by atoms with van der Waals surface area (Å²) in [6, 6.07) is 2.01. The largest absolute Gasteiger partial charge is 0.493 e. The lowest BCUT2D eigenvalue weighted by Gasteiger charge is -2.12. The van der Waals surface area contributed by atoms with E-state index in [1.165, 1.54) is 7.11 Å². The molecule has 0 spiro atoms. The van der Waals surface area contributed by atoms with Gasteiger partial charge in [-0.05, 0) is 6.07 Å². The molecule has 0 aliphatic carbocycles. The van der Waals surface area contributed by atoms with Crippen LogP contribution in [-0.2, 0) is 17.6 Å². The molecule has 0 radical (unpaired) electrons. The van der Waals surface area contributed by atoms with Crippen molar-refractivity contribution in [3.8, 4) is 11.5 Å². The average Bonchev–Trinajstić information content (AvgIpc) is 2.96. The number of hydrogen-bond donors (Lipinski definition) is 1. The molecule has 17 heavy (non-hydrogen) atoms. The van der Waals surface area contributed by atoms with Crippen molar-refractivity contribution in [3.05, 3.63) is 17.2 Å². The Labute approximate surface area is 98.7 Å². The molecule has 5 nitrogen and oxygen atoms in total. The summed E-state index contributed by atoms with van der Waals surface area (Å²) < 4.78 is 15.7. The molecule has 1 aromatic carbocycles. The number of carbonyl (C=O) groups excluding carboxylic acids is 1. The minimum atomic E-state index is -0.483. The zero-order valence-electron chi connectivity index (χ0n) is 9.54. The molecule has 0 bridgehead atoms. The summed E-state index contributed by atoms with van der Waals surface area (Å²) in [4.78, 5) is 11.4. The van der Waals surface area contributed by atoms with E-state index in [0.29, 0.717) is 18.9 Å². The van der Waals surface area contributed by atoms with Crippen molar-refractivity contribution in [3.63, 3.8) is 0 Å². The van der Waals surface area contributed by atoms with Crippen LogP contribution >= 0.6 is 0 Å². The lowest BCUT2D eigenvalue weighted by molar-refractivity contribution is 0.186. The molecular formula is C12H13NO4. The summed E-state index contributed by atoms with van der Waals surface area (Å²) in [5.74, 6) is 1.61. The van der Waals surface area contributed by atoms with Gasteiger partial charge in [0.1, 0.15) is 11.5 Å². The minimum Gasteiger partial charge on any atom is -0.493 e. The Morgan fingerprint density at radius 3 is 3.00 bits per heavy atom. The fourth-order valence-electron chi connectivity index (χ4n) is 2.27. The molecule has 0 aromatic heterocycles. The SMILES string of the molecule is COC(=O)Nc1c2c(cc3c1OCC3)OCC2. The van der Waals surface area contributed by atoms with Crippen LogP contribution in [0.1, 0.15) is 11.1 Å². The Hall–Kier alpha value is -1.91. The zero-order chi connectivity index (χ0) is 11.8. The van der Waals surface area contributed by atoms with Gasteiger partial charge in [-0.2, -0.15) is 0 Å². The first kappa shape index (κ1) is 10.3. The van der Waals surface area contributed by atoms with Gasteiger partial charge < -0.3 is 14.2 Å². The molecule has 2 aliphatic rings. The maximum atomic E-state index is 11.4. The number of carbonyl (C=O) groups is 1. The number of amides is 1. The van der Waals surface area contributed by atoms with Crippen LogP contribution in [0.4, 0.5) is 10.5 Å². The van der Waals surface area contributed by atoms with E-state index in [1.54, 1.807) is 0 Å². The predicted octanol–water partition coefficient (Wildman–Crippen LogP) is 1.73. The van der Waals surface area contributed by atoms with Crippen molar-refractivity contribution in [1.29, 1.82) is 0 Å². The van der Waals surface area contributed by atoms with Crippen LogP contribution in [0.15, 0.2) is 6.07 Å². The highest BCUT2D eigenvalue weighted by atomic mass is 16.5. The van der Waals surface area contributed by atoms with Gasteiger partial charge in [0.25, 0.3) is 0 Å². The van der Waals surface area contributed by atoms with Gasteiger partial charge in [-0.15, -0.1) is 0 Å². The Kier molecular flexibility index (Phi) is 2.31. The standard InChI is InChI=1S/C12H13NO4/c1-15-12(14)13-10-8-3-5-16-9(8)6-7-2-4-17-11(7)10/h6H,2-5H2,1H3,(H,13,14). The van der Waals surface area contributed by atoms with E-state index >= 15 is 0 Å². The molecule has 2 aliphatic heterocycles. The molecule has 2 heterocycles. The van der Waals surface area contributed by atoms with Gasteiger partial charge in [0, 0.05) is 24.0 Å². The molecule has 0 fully saturated rings. The minimum absolute atomic E-state index is 0.483. The molecule has 1 aromatic rings. The van der Waals surface area contributed by atoms with Crippen molar-refractivity contribution in [2.75, 3.05) is 25.6 Å². The second kappa shape index (κ2) is 3.84. The molecule has 90 valence electrons. The van der Waals surface area contributed by atoms with Crippen LogP contribution in [0.3, 0.4) is 0 Å². The highest BCUT2D eigenvalue weighted by Crippen LogP contribution is 2.44. The van der Waals surface area contributed by atoms with Crippen LogP contribution in [0, 0.1) is 0 Å². The smallest absolute Gasteiger partial charge is 0.411 e. The summed E-state index contributed by atoms with van der Waals surface area (Å²) in [5.41, 5.74) is 2.78. The van der Waals surface area contributed by atoms with Gasteiger partial charge in [-0.1, -0.05) is 0 Å². The number of fused-ring (bicyclic) bond motifs is 2. The van der Waals surface area contributed by atoms with Crippen LogP contribution in [0.5, 0.6) is 11.5 Å². The topological polar surface area (TPSA) is 56.8 Å². The van der Waals surface area contributed by atoms with Gasteiger partial charge in [0.15, 0.2) is 0 Å². The van der Waals surface area contributed by atoms with Gasteiger partial charge in [-0.3, -0.25) is 5.32 Å². The van der Waals surface area contributed by atoms with Gasteiger partial charge in [-0.25, -0.2) is 4.79 Å². The first-order chi connectivity index (χ1) is 8.29. The summed E-state index contributed by atoms with van der Waals surface area (Å²) >= 11 is 0. The van der Waals surface area contributed by atoms with Gasteiger partial charge in [0.2, 0.25) is 0 Å². The summed E-state index contributed by atoms with van der Waals surface area (Å²) in [6.07, 6.45) is 1.15. The number of nitrogens with one attached hydrogen (secondary N) is 1. The Morgan fingerprint density at radius 2 is 2.18 bits per heavy atom. The molecular weight excluding hydrogens is 222 g/mol. The highest BCUT2D eigenvalue weighted by Gasteiger charge is 2.27. The van der Waals surface area contributed by atoms with Crippen LogP contribution in [-0.4, -0.2) is 26.4 Å². The third-order valence-electron chi connectivity index (χ3n) is 3.06. The van der Waals surface area contributed by atoms with E-state index in [-0.39, 0.29) is 0 Å². The second-order valence-corrected chi connectivity index (χ2v) is 4.03. The molecule has 1 amide bonds. The summed E-state index contributed by atoms with van der Waals surface area (Å²) in [5, 5.41) is 2.73. The fraction of sp³-hybridized carbons (Fsp3) is 0.417. The van der Waals surface area contributed by atoms with Crippen molar-refractivity contribution in [1.82, 2.24) is 0 Å².